The lowest BCUT2D eigenvalue weighted by atomic mass is 10.1. The van der Waals surface area contributed by atoms with Gasteiger partial charge in [-0.05, 0) is 85.1 Å². The molecule has 0 bridgehead atoms. The van der Waals surface area contributed by atoms with E-state index in [0.29, 0.717) is 64.0 Å². The zero-order valence-electron chi connectivity index (χ0n) is 23.8. The van der Waals surface area contributed by atoms with Gasteiger partial charge in [0.1, 0.15) is 12.2 Å². The molecule has 0 aliphatic heterocycles. The van der Waals surface area contributed by atoms with Crippen LogP contribution in [0.1, 0.15) is 23.6 Å². The van der Waals surface area contributed by atoms with Gasteiger partial charge in [-0.1, -0.05) is 57.9 Å². The van der Waals surface area contributed by atoms with E-state index < -0.39 is 0 Å². The maximum atomic E-state index is 13.7. The van der Waals surface area contributed by atoms with Gasteiger partial charge < -0.3 is 13.9 Å². The van der Waals surface area contributed by atoms with Crippen molar-refractivity contribution in [2.45, 2.75) is 20.0 Å². The fraction of sp³-hybridized carbons (Fsp3) is 0.114. The van der Waals surface area contributed by atoms with Gasteiger partial charge in [0, 0.05) is 20.4 Å². The van der Waals surface area contributed by atoms with Gasteiger partial charge in [0.2, 0.25) is 5.82 Å². The van der Waals surface area contributed by atoms with Crippen molar-refractivity contribution in [3.8, 4) is 23.1 Å². The Bertz CT molecular complexity index is 2080. The van der Waals surface area contributed by atoms with Crippen molar-refractivity contribution in [3.63, 3.8) is 0 Å². The molecule has 6 rings (SSSR count). The Kier molecular flexibility index (Phi) is 8.63. The van der Waals surface area contributed by atoms with E-state index in [4.69, 9.17) is 30.5 Å². The summed E-state index contributed by atoms with van der Waals surface area (Å²) in [6.07, 6.45) is 3.96. The molecule has 0 amide bonds. The van der Waals surface area contributed by atoms with Crippen molar-refractivity contribution in [3.05, 3.63) is 134 Å². The van der Waals surface area contributed by atoms with Crippen LogP contribution in [-0.4, -0.2) is 22.5 Å². The zero-order chi connectivity index (χ0) is 30.6. The molecule has 6 aromatic rings. The molecule has 0 N–H and O–H groups in total. The molecule has 0 aliphatic carbocycles. The van der Waals surface area contributed by atoms with Gasteiger partial charge in [0.25, 0.3) is 5.56 Å². The Morgan fingerprint density at radius 1 is 1.05 bits per heavy atom. The first kappa shape index (κ1) is 29.4. The van der Waals surface area contributed by atoms with Gasteiger partial charge in [-0.15, -0.1) is 6.58 Å². The smallest absolute Gasteiger partial charge is 0.282 e. The Morgan fingerprint density at radius 3 is 2.66 bits per heavy atom. The van der Waals surface area contributed by atoms with E-state index in [2.05, 4.69) is 27.6 Å². The highest BCUT2D eigenvalue weighted by Crippen LogP contribution is 2.35. The highest BCUT2D eigenvalue weighted by molar-refractivity contribution is 9.10. The predicted molar refractivity (Wildman–Crippen MR) is 179 cm³/mol. The van der Waals surface area contributed by atoms with E-state index in [-0.39, 0.29) is 11.4 Å². The normalized spacial score (nSPS) is 11.4. The van der Waals surface area contributed by atoms with Gasteiger partial charge in [0.05, 0.1) is 23.7 Å². The minimum Gasteiger partial charge on any atom is -0.490 e. The fourth-order valence-electron chi connectivity index (χ4n) is 4.87. The van der Waals surface area contributed by atoms with Crippen molar-refractivity contribution in [2.75, 3.05) is 6.61 Å². The van der Waals surface area contributed by atoms with Crippen LogP contribution in [0.2, 0.25) is 5.02 Å². The van der Waals surface area contributed by atoms with E-state index in [9.17, 15) is 4.79 Å². The van der Waals surface area contributed by atoms with Crippen LogP contribution in [0.25, 0.3) is 33.5 Å². The number of nitrogens with zero attached hydrogens (tertiary/aromatic N) is 3. The molecule has 0 radical (unpaired) electrons. The highest BCUT2D eigenvalue weighted by Gasteiger charge is 2.18. The Hall–Kier alpha value is -4.66. The first-order chi connectivity index (χ1) is 21.4. The Balaban J connectivity index is 1.43. The summed E-state index contributed by atoms with van der Waals surface area (Å²) in [4.78, 5) is 18.5. The lowest BCUT2D eigenvalue weighted by Crippen LogP contribution is -2.20. The summed E-state index contributed by atoms with van der Waals surface area (Å²) in [7, 11) is 0. The van der Waals surface area contributed by atoms with E-state index in [1.807, 2.05) is 55.5 Å². The topological polar surface area (TPSA) is 78.9 Å². The highest BCUT2D eigenvalue weighted by atomic mass is 79.9. The van der Waals surface area contributed by atoms with Gasteiger partial charge in [0.15, 0.2) is 17.3 Å². The van der Waals surface area contributed by atoms with Crippen LogP contribution in [0, 0.1) is 0 Å². The van der Waals surface area contributed by atoms with E-state index in [0.717, 1.165) is 21.0 Å². The summed E-state index contributed by atoms with van der Waals surface area (Å²) in [6, 6.07) is 26.0. The van der Waals surface area contributed by atoms with Crippen LogP contribution in [0.4, 0.5) is 0 Å². The van der Waals surface area contributed by atoms with E-state index in [1.165, 1.54) is 4.68 Å². The summed E-state index contributed by atoms with van der Waals surface area (Å²) in [5, 5.41) is 6.44. The Labute approximate surface area is 267 Å². The summed E-state index contributed by atoms with van der Waals surface area (Å²) in [5.74, 6) is 1.87. The van der Waals surface area contributed by atoms with Crippen LogP contribution in [0.3, 0.4) is 0 Å². The lowest BCUT2D eigenvalue weighted by molar-refractivity contribution is 0.267. The molecule has 220 valence electrons. The van der Waals surface area contributed by atoms with Crippen LogP contribution >= 0.6 is 27.5 Å². The number of fused-ring (bicyclic) bond motifs is 2. The van der Waals surface area contributed by atoms with Crippen molar-refractivity contribution < 1.29 is 13.9 Å². The predicted octanol–water partition coefficient (Wildman–Crippen LogP) is 8.81. The minimum absolute atomic E-state index is 0.267. The molecule has 0 fully saturated rings. The largest absolute Gasteiger partial charge is 0.490 e. The van der Waals surface area contributed by atoms with Crippen molar-refractivity contribution in [1.82, 2.24) is 9.66 Å². The average Bonchev–Trinajstić information content (AvgIpc) is 3.44. The molecule has 0 saturated carbocycles. The molecular weight excluding hydrogens is 642 g/mol. The number of para-hydroxylation sites is 1. The number of benzene rings is 4. The quantitative estimate of drug-likeness (QED) is 0.108. The number of aromatic nitrogens is 2. The van der Waals surface area contributed by atoms with Crippen molar-refractivity contribution in [2.24, 2.45) is 5.10 Å². The Morgan fingerprint density at radius 2 is 1.86 bits per heavy atom. The molecule has 7 nitrogen and oxygen atoms in total. The van der Waals surface area contributed by atoms with Gasteiger partial charge in [-0.2, -0.15) is 9.78 Å². The number of allylic oxidation sites excluding steroid dienone is 1. The number of rotatable bonds is 10. The van der Waals surface area contributed by atoms with E-state index >= 15 is 0 Å². The second kappa shape index (κ2) is 12.9. The number of hydrogen-bond donors (Lipinski definition) is 0. The van der Waals surface area contributed by atoms with Crippen LogP contribution < -0.4 is 15.0 Å². The zero-order valence-corrected chi connectivity index (χ0v) is 26.1. The van der Waals surface area contributed by atoms with Crippen LogP contribution in [0.15, 0.2) is 116 Å². The fourth-order valence-corrected chi connectivity index (χ4v) is 5.31. The standard InChI is InChI=1S/C35H27BrClN3O4/c1-3-7-24-16-23(17-31(42-4-2)33(24)43-21-22-10-12-26(36)13-11-22)20-38-40-34(39-29-9-6-5-8-28(29)35(40)41)32-19-25-18-27(37)14-15-30(25)44-32/h3,5-6,8-20H,1,4,7,21H2,2H3. The third kappa shape index (κ3) is 6.18. The number of ether oxygens (including phenoxy) is 2. The molecule has 9 heteroatoms. The molecule has 2 aromatic heterocycles. The van der Waals surface area contributed by atoms with E-state index in [1.54, 1.807) is 48.7 Å². The minimum atomic E-state index is -0.328. The molecule has 0 aliphatic rings. The molecular formula is C35H27BrClN3O4. The summed E-state index contributed by atoms with van der Waals surface area (Å²) >= 11 is 9.67. The molecule has 2 heterocycles. The van der Waals surface area contributed by atoms with Gasteiger partial charge in [-0.3, -0.25) is 4.79 Å². The second-order valence-electron chi connectivity index (χ2n) is 9.96. The third-order valence-electron chi connectivity index (χ3n) is 6.89. The second-order valence-corrected chi connectivity index (χ2v) is 11.3. The maximum Gasteiger partial charge on any atom is 0.282 e. The number of furan rings is 1. The lowest BCUT2D eigenvalue weighted by Gasteiger charge is -2.17. The molecule has 0 saturated heterocycles. The molecule has 0 atom stereocenters. The maximum absolute atomic E-state index is 13.7. The first-order valence-corrected chi connectivity index (χ1v) is 15.1. The molecule has 0 spiro atoms. The molecule has 0 unspecified atom stereocenters. The number of halogens is 2. The first-order valence-electron chi connectivity index (χ1n) is 14.0. The van der Waals surface area contributed by atoms with Gasteiger partial charge >= 0.3 is 0 Å². The molecule has 44 heavy (non-hydrogen) atoms. The monoisotopic (exact) mass is 667 g/mol. The van der Waals surface area contributed by atoms with Crippen LogP contribution in [-0.2, 0) is 13.0 Å². The average molecular weight is 669 g/mol. The summed E-state index contributed by atoms with van der Waals surface area (Å²) in [6.45, 7) is 6.65. The van der Waals surface area contributed by atoms with Crippen LogP contribution in [0.5, 0.6) is 11.5 Å². The number of hydrogen-bond acceptors (Lipinski definition) is 6. The van der Waals surface area contributed by atoms with Crippen molar-refractivity contribution >= 4 is 55.6 Å². The molecule has 4 aromatic carbocycles. The van der Waals surface area contributed by atoms with Gasteiger partial charge in [-0.25, -0.2) is 4.98 Å². The SMILES string of the molecule is C=CCc1cc(C=Nn2c(-c3cc4cc(Cl)ccc4o3)nc3ccccc3c2=O)cc(OCC)c1OCc1ccc(Br)cc1. The summed E-state index contributed by atoms with van der Waals surface area (Å²) < 4.78 is 20.6. The van der Waals surface area contributed by atoms with Crippen molar-refractivity contribution in [1.29, 1.82) is 0 Å². The third-order valence-corrected chi connectivity index (χ3v) is 7.65. The summed E-state index contributed by atoms with van der Waals surface area (Å²) in [5.41, 5.74) is 3.44.